The summed E-state index contributed by atoms with van der Waals surface area (Å²) in [6, 6.07) is -0.937. The fourth-order valence-corrected chi connectivity index (χ4v) is 8.67. The van der Waals surface area contributed by atoms with Crippen molar-refractivity contribution in [1.82, 2.24) is 5.32 Å². The lowest BCUT2D eigenvalue weighted by Crippen LogP contribution is -2.65. The van der Waals surface area contributed by atoms with E-state index >= 15 is 0 Å². The van der Waals surface area contributed by atoms with E-state index in [9.17, 15) is 45.6 Å². The van der Waals surface area contributed by atoms with Gasteiger partial charge in [-0.25, -0.2) is 0 Å². The van der Waals surface area contributed by atoms with Crippen molar-refractivity contribution in [2.24, 2.45) is 0 Å². The Balaban J connectivity index is 1.80. The van der Waals surface area contributed by atoms with E-state index in [1.807, 2.05) is 6.08 Å². The van der Waals surface area contributed by atoms with Crippen molar-refractivity contribution in [2.75, 3.05) is 19.8 Å². The highest BCUT2D eigenvalue weighted by atomic mass is 16.7. The molecule has 0 aromatic carbocycles. The van der Waals surface area contributed by atoms with Crippen LogP contribution in [0.5, 0.6) is 0 Å². The van der Waals surface area contributed by atoms with Crippen LogP contribution in [0.4, 0.5) is 0 Å². The zero-order valence-electron chi connectivity index (χ0n) is 43.2. The second kappa shape index (κ2) is 42.1. The maximum atomic E-state index is 13.2. The molecule has 2 fully saturated rings. The highest BCUT2D eigenvalue weighted by Crippen LogP contribution is 2.30. The summed E-state index contributed by atoms with van der Waals surface area (Å²) in [6.07, 6.45) is 35.4. The number of carbonyl (C=O) groups is 1. The van der Waals surface area contributed by atoms with Crippen LogP contribution >= 0.6 is 0 Å². The van der Waals surface area contributed by atoms with Gasteiger partial charge >= 0.3 is 0 Å². The number of allylic oxidation sites excluding steroid dienone is 9. The van der Waals surface area contributed by atoms with E-state index in [0.717, 1.165) is 51.4 Å². The number of aliphatic hydroxyl groups excluding tert-OH is 8. The second-order valence-electron chi connectivity index (χ2n) is 19.3. The van der Waals surface area contributed by atoms with Crippen LogP contribution in [0.25, 0.3) is 0 Å². The Bertz CT molecular complexity index is 1410. The molecule has 9 N–H and O–H groups in total. The Labute approximate surface area is 422 Å². The Kier molecular flexibility index (Phi) is 38.4. The van der Waals surface area contributed by atoms with Crippen LogP contribution in [-0.2, 0) is 23.7 Å². The first-order chi connectivity index (χ1) is 34.1. The first kappa shape index (κ1) is 63.8. The lowest BCUT2D eigenvalue weighted by Gasteiger charge is -2.46. The smallest absolute Gasteiger partial charge is 0.220 e. The topological polar surface area (TPSA) is 228 Å². The molecule has 0 saturated carbocycles. The molecule has 12 unspecified atom stereocenters. The molecule has 406 valence electrons. The van der Waals surface area contributed by atoms with Crippen molar-refractivity contribution in [3.8, 4) is 0 Å². The predicted molar refractivity (Wildman–Crippen MR) is 277 cm³/mol. The lowest BCUT2D eigenvalue weighted by molar-refractivity contribution is -0.359. The first-order valence-electron chi connectivity index (χ1n) is 27.5. The summed E-state index contributed by atoms with van der Waals surface area (Å²) >= 11 is 0. The molecule has 0 aliphatic carbocycles. The van der Waals surface area contributed by atoms with Crippen LogP contribution in [0.15, 0.2) is 60.8 Å². The summed E-state index contributed by atoms with van der Waals surface area (Å²) in [5, 5.41) is 86.8. The van der Waals surface area contributed by atoms with Crippen LogP contribution in [0.3, 0.4) is 0 Å². The van der Waals surface area contributed by atoms with Gasteiger partial charge in [-0.05, 0) is 70.6 Å². The highest BCUT2D eigenvalue weighted by molar-refractivity contribution is 5.76. The normalized spacial score (nSPS) is 26.4. The molecule has 14 heteroatoms. The van der Waals surface area contributed by atoms with Gasteiger partial charge in [-0.1, -0.05) is 177 Å². The van der Waals surface area contributed by atoms with Gasteiger partial charge in [0.15, 0.2) is 12.6 Å². The summed E-state index contributed by atoms with van der Waals surface area (Å²) in [6.45, 7) is 2.73. The van der Waals surface area contributed by atoms with Crippen molar-refractivity contribution in [3.05, 3.63) is 60.8 Å². The summed E-state index contributed by atoms with van der Waals surface area (Å²) in [4.78, 5) is 13.2. The molecule has 0 radical (unpaired) electrons. The zero-order valence-corrected chi connectivity index (χ0v) is 43.2. The maximum absolute atomic E-state index is 13.2. The van der Waals surface area contributed by atoms with Gasteiger partial charge in [-0.15, -0.1) is 0 Å². The Hall–Kier alpha value is -2.31. The highest BCUT2D eigenvalue weighted by Gasteiger charge is 2.51. The number of carbonyl (C=O) groups excluding carboxylic acids is 1. The van der Waals surface area contributed by atoms with Gasteiger partial charge in [0.25, 0.3) is 0 Å². The van der Waals surface area contributed by atoms with E-state index in [1.165, 1.54) is 109 Å². The molecule has 14 nitrogen and oxygen atoms in total. The lowest BCUT2D eigenvalue weighted by atomic mass is 9.97. The van der Waals surface area contributed by atoms with Crippen molar-refractivity contribution >= 4 is 5.91 Å². The van der Waals surface area contributed by atoms with Crippen LogP contribution in [0.2, 0.25) is 0 Å². The van der Waals surface area contributed by atoms with E-state index < -0.39 is 86.8 Å². The SMILES string of the molecule is CCCCCCC/C=C\C/C=C\C/C=C\CCCCCCCCCCC(=O)NC(COC1OC(CO)C(OC2OC(CO)C(O)C(O)C2O)C(O)C1O)C(O)/C=C/CC/C=C/CCCCCCCCC. The van der Waals surface area contributed by atoms with Crippen LogP contribution in [0.1, 0.15) is 194 Å². The number of hydrogen-bond acceptors (Lipinski definition) is 13. The molecule has 2 rings (SSSR count). The molecule has 2 heterocycles. The van der Waals surface area contributed by atoms with Gasteiger partial charge in [0.1, 0.15) is 48.8 Å². The van der Waals surface area contributed by atoms with E-state index in [4.69, 9.17) is 18.9 Å². The summed E-state index contributed by atoms with van der Waals surface area (Å²) in [5.74, 6) is -0.260. The van der Waals surface area contributed by atoms with Gasteiger partial charge < -0.3 is 65.1 Å². The number of amides is 1. The minimum Gasteiger partial charge on any atom is -0.394 e. The Morgan fingerprint density at radius 1 is 0.514 bits per heavy atom. The number of hydrogen-bond donors (Lipinski definition) is 9. The molecular formula is C56H99NO13. The van der Waals surface area contributed by atoms with Crippen LogP contribution in [-0.4, -0.2) is 140 Å². The fourth-order valence-electron chi connectivity index (χ4n) is 8.67. The van der Waals surface area contributed by atoms with Gasteiger partial charge in [-0.2, -0.15) is 0 Å². The van der Waals surface area contributed by atoms with Gasteiger partial charge in [-0.3, -0.25) is 4.79 Å². The minimum atomic E-state index is -1.79. The molecule has 0 bridgehead atoms. The van der Waals surface area contributed by atoms with Crippen molar-refractivity contribution in [1.29, 1.82) is 0 Å². The monoisotopic (exact) mass is 994 g/mol. The van der Waals surface area contributed by atoms with E-state index in [1.54, 1.807) is 6.08 Å². The zero-order chi connectivity index (χ0) is 51.0. The largest absolute Gasteiger partial charge is 0.394 e. The van der Waals surface area contributed by atoms with Crippen molar-refractivity contribution < 1.29 is 64.6 Å². The third-order valence-corrected chi connectivity index (χ3v) is 13.2. The van der Waals surface area contributed by atoms with E-state index in [-0.39, 0.29) is 18.9 Å². The Morgan fingerprint density at radius 2 is 0.957 bits per heavy atom. The molecular weight excluding hydrogens is 895 g/mol. The third kappa shape index (κ3) is 28.2. The van der Waals surface area contributed by atoms with Crippen molar-refractivity contribution in [2.45, 2.75) is 267 Å². The fraction of sp³-hybridized carbons (Fsp3) is 0.804. The number of ether oxygens (including phenoxy) is 4. The maximum Gasteiger partial charge on any atom is 0.220 e. The van der Waals surface area contributed by atoms with Crippen molar-refractivity contribution in [3.63, 3.8) is 0 Å². The molecule has 2 aliphatic heterocycles. The quantitative estimate of drug-likeness (QED) is 0.0208. The summed E-state index contributed by atoms with van der Waals surface area (Å²) < 4.78 is 22.7. The molecule has 2 aliphatic rings. The number of unbranched alkanes of at least 4 members (excludes halogenated alkanes) is 21. The Morgan fingerprint density at radius 3 is 1.50 bits per heavy atom. The average molecular weight is 994 g/mol. The molecule has 0 aromatic heterocycles. The number of nitrogens with one attached hydrogen (secondary N) is 1. The minimum absolute atomic E-state index is 0.260. The molecule has 0 spiro atoms. The van der Waals surface area contributed by atoms with Gasteiger partial charge in [0.05, 0.1) is 32.0 Å². The summed E-state index contributed by atoms with van der Waals surface area (Å²) in [5.41, 5.74) is 0. The van der Waals surface area contributed by atoms with Gasteiger partial charge in [0.2, 0.25) is 5.91 Å². The molecule has 70 heavy (non-hydrogen) atoms. The van der Waals surface area contributed by atoms with E-state index in [2.05, 4.69) is 67.8 Å². The average Bonchev–Trinajstić information content (AvgIpc) is 3.36. The van der Waals surface area contributed by atoms with Crippen LogP contribution < -0.4 is 5.32 Å². The standard InChI is InChI=1S/C56H99NO13/c1-3-5-7-9-11-13-15-17-18-19-20-21-22-23-24-25-26-28-30-32-34-36-38-40-48(61)57-44(45(60)39-37-35-33-31-29-27-16-14-12-10-8-6-4-2)43-67-55-53(66)51(64)54(47(42-59)69-55)70-56-52(65)50(63)49(62)46(41-58)68-56/h15,17,19-20,22-23,29,31,37,39,44-47,49-56,58-60,62-66H,3-14,16,18,21,24-28,30,32-36,38,40-43H2,1-2H3,(H,57,61)/b17-15-,20-19-,23-22-,31-29+,39-37+. The molecule has 2 saturated heterocycles. The molecule has 0 aromatic rings. The number of aliphatic hydroxyl groups is 8. The molecule has 1 amide bonds. The van der Waals surface area contributed by atoms with Gasteiger partial charge in [0, 0.05) is 6.42 Å². The number of rotatable bonds is 42. The summed E-state index contributed by atoms with van der Waals surface area (Å²) in [7, 11) is 0. The molecule has 12 atom stereocenters. The first-order valence-corrected chi connectivity index (χ1v) is 27.5. The van der Waals surface area contributed by atoms with E-state index in [0.29, 0.717) is 12.8 Å². The predicted octanol–water partition coefficient (Wildman–Crippen LogP) is 8.22. The van der Waals surface area contributed by atoms with Crippen LogP contribution in [0, 0.1) is 0 Å². The second-order valence-corrected chi connectivity index (χ2v) is 19.3. The third-order valence-electron chi connectivity index (χ3n) is 13.2.